The largest absolute Gasteiger partial charge is 0.481 e. The quantitative estimate of drug-likeness (QED) is 0.635. The molecule has 7 heteroatoms. The van der Waals surface area contributed by atoms with E-state index in [0.29, 0.717) is 12.8 Å². The van der Waals surface area contributed by atoms with Crippen LogP contribution in [-0.4, -0.2) is 44.9 Å². The molecule has 0 heterocycles. The van der Waals surface area contributed by atoms with Crippen molar-refractivity contribution in [3.8, 4) is 0 Å². The van der Waals surface area contributed by atoms with Gasteiger partial charge in [0.1, 0.15) is 0 Å². The molecule has 7 nitrogen and oxygen atoms in total. The van der Waals surface area contributed by atoms with E-state index in [1.807, 2.05) is 0 Å². The highest BCUT2D eigenvalue weighted by atomic mass is 16.5. The summed E-state index contributed by atoms with van der Waals surface area (Å²) in [6, 6.07) is 0. The molecule has 0 unspecified atom stereocenters. The van der Waals surface area contributed by atoms with Gasteiger partial charge in [0.05, 0.1) is 18.9 Å². The Morgan fingerprint density at radius 3 is 1.79 bits per heavy atom. The maximum Gasteiger partial charge on any atom is 0.337 e. The third-order valence-electron chi connectivity index (χ3n) is 3.21. The van der Waals surface area contributed by atoms with Gasteiger partial charge in [-0.1, -0.05) is 19.3 Å². The Labute approximate surface area is 110 Å². The van der Waals surface area contributed by atoms with Crippen LogP contribution in [0.5, 0.6) is 0 Å². The minimum absolute atomic E-state index is 0.386. The average Bonchev–Trinajstić information content (AvgIpc) is 2.27. The molecule has 0 amide bonds. The lowest BCUT2D eigenvalue weighted by molar-refractivity contribution is -0.188. The Morgan fingerprint density at radius 2 is 1.42 bits per heavy atom. The number of rotatable bonds is 7. The van der Waals surface area contributed by atoms with E-state index in [1.165, 1.54) is 0 Å². The van der Waals surface area contributed by atoms with Crippen LogP contribution in [-0.2, 0) is 19.1 Å². The molecule has 0 aliphatic heterocycles. The number of aliphatic carboxylic acids is 3. The Kier molecular flexibility index (Phi) is 5.29. The van der Waals surface area contributed by atoms with E-state index in [1.54, 1.807) is 0 Å². The van der Waals surface area contributed by atoms with Gasteiger partial charge in [-0.05, 0) is 12.8 Å². The number of ether oxygens (including phenoxy) is 1. The first-order chi connectivity index (χ1) is 8.85. The van der Waals surface area contributed by atoms with Gasteiger partial charge in [0.25, 0.3) is 0 Å². The number of hydrogen-bond acceptors (Lipinski definition) is 4. The predicted octanol–water partition coefficient (Wildman–Crippen LogP) is 1.11. The van der Waals surface area contributed by atoms with Crippen molar-refractivity contribution >= 4 is 17.9 Å². The first kappa shape index (κ1) is 15.4. The zero-order valence-electron chi connectivity index (χ0n) is 10.5. The Hall–Kier alpha value is -1.63. The molecule has 0 radical (unpaired) electrons. The van der Waals surface area contributed by atoms with E-state index < -0.39 is 36.4 Å². The second-order valence-corrected chi connectivity index (χ2v) is 4.82. The van der Waals surface area contributed by atoms with Crippen molar-refractivity contribution in [2.45, 2.75) is 56.7 Å². The Morgan fingerprint density at radius 1 is 0.947 bits per heavy atom. The molecule has 0 aromatic rings. The molecule has 0 aromatic heterocycles. The molecule has 1 fully saturated rings. The molecule has 0 aromatic carbocycles. The van der Waals surface area contributed by atoms with E-state index in [4.69, 9.17) is 14.9 Å². The summed E-state index contributed by atoms with van der Waals surface area (Å²) in [4.78, 5) is 32.9. The monoisotopic (exact) mass is 274 g/mol. The second kappa shape index (κ2) is 6.51. The van der Waals surface area contributed by atoms with E-state index >= 15 is 0 Å². The lowest BCUT2D eigenvalue weighted by Crippen LogP contribution is -2.48. The van der Waals surface area contributed by atoms with Crippen molar-refractivity contribution in [2.24, 2.45) is 0 Å². The first-order valence-corrected chi connectivity index (χ1v) is 6.20. The summed E-state index contributed by atoms with van der Waals surface area (Å²) in [6.07, 6.45) is 1.95. The second-order valence-electron chi connectivity index (χ2n) is 4.82. The van der Waals surface area contributed by atoms with E-state index in [0.717, 1.165) is 19.3 Å². The van der Waals surface area contributed by atoms with E-state index in [-0.39, 0.29) is 6.10 Å². The van der Waals surface area contributed by atoms with Crippen molar-refractivity contribution in [1.82, 2.24) is 0 Å². The first-order valence-electron chi connectivity index (χ1n) is 6.20. The third-order valence-corrected chi connectivity index (χ3v) is 3.21. The van der Waals surface area contributed by atoms with Crippen molar-refractivity contribution in [2.75, 3.05) is 0 Å². The molecule has 1 aliphatic carbocycles. The fraction of sp³-hybridized carbons (Fsp3) is 0.750. The minimum atomic E-state index is -2.18. The minimum Gasteiger partial charge on any atom is -0.481 e. The summed E-state index contributed by atoms with van der Waals surface area (Å²) in [6.45, 7) is 0. The normalized spacial score (nSPS) is 17.1. The van der Waals surface area contributed by atoms with Crippen LogP contribution in [0.15, 0.2) is 0 Å². The van der Waals surface area contributed by atoms with Crippen LogP contribution in [0.1, 0.15) is 44.9 Å². The van der Waals surface area contributed by atoms with Crippen LogP contribution in [0.3, 0.4) is 0 Å². The van der Waals surface area contributed by atoms with Crippen LogP contribution in [0, 0.1) is 0 Å². The summed E-state index contributed by atoms with van der Waals surface area (Å²) in [5.74, 6) is -4.32. The standard InChI is InChI=1S/C12H18O7/c13-9(14)6-12(11(17)18,7-10(15)16)19-8-4-2-1-3-5-8/h8H,1-7H2,(H,13,14)(H,15,16)(H,17,18). The smallest absolute Gasteiger partial charge is 0.337 e. The lowest BCUT2D eigenvalue weighted by Gasteiger charge is -2.33. The lowest BCUT2D eigenvalue weighted by atomic mass is 9.92. The van der Waals surface area contributed by atoms with Crippen molar-refractivity contribution in [3.63, 3.8) is 0 Å². The van der Waals surface area contributed by atoms with Gasteiger partial charge in [-0.15, -0.1) is 0 Å². The number of hydrogen-bond donors (Lipinski definition) is 3. The number of carboxylic acid groups (broad SMARTS) is 3. The fourth-order valence-corrected chi connectivity index (χ4v) is 2.34. The average molecular weight is 274 g/mol. The van der Waals surface area contributed by atoms with E-state index in [2.05, 4.69) is 0 Å². The molecule has 0 saturated heterocycles. The Bertz CT molecular complexity index is 341. The molecule has 1 aliphatic rings. The van der Waals surface area contributed by atoms with Crippen LogP contribution >= 0.6 is 0 Å². The topological polar surface area (TPSA) is 121 Å². The number of carbonyl (C=O) groups is 3. The molecule has 108 valence electrons. The van der Waals surface area contributed by atoms with Crippen LogP contribution in [0.2, 0.25) is 0 Å². The summed E-state index contributed by atoms with van der Waals surface area (Å²) in [7, 11) is 0. The number of carboxylic acids is 3. The summed E-state index contributed by atoms with van der Waals surface area (Å²) in [5.41, 5.74) is -2.18. The van der Waals surface area contributed by atoms with Crippen LogP contribution < -0.4 is 0 Å². The highest BCUT2D eigenvalue weighted by molar-refractivity contribution is 5.88. The molecule has 0 spiro atoms. The van der Waals surface area contributed by atoms with Crippen molar-refractivity contribution in [3.05, 3.63) is 0 Å². The molecule has 19 heavy (non-hydrogen) atoms. The summed E-state index contributed by atoms with van der Waals surface area (Å²) in [5, 5.41) is 26.8. The van der Waals surface area contributed by atoms with Gasteiger partial charge in [-0.2, -0.15) is 0 Å². The highest BCUT2D eigenvalue weighted by Crippen LogP contribution is 2.30. The van der Waals surface area contributed by atoms with Gasteiger partial charge in [0.15, 0.2) is 5.60 Å². The van der Waals surface area contributed by atoms with Gasteiger partial charge >= 0.3 is 17.9 Å². The predicted molar refractivity (Wildman–Crippen MR) is 62.8 cm³/mol. The fourth-order valence-electron chi connectivity index (χ4n) is 2.34. The summed E-state index contributed by atoms with van der Waals surface area (Å²) < 4.78 is 5.40. The maximum absolute atomic E-state index is 11.3. The summed E-state index contributed by atoms with van der Waals surface area (Å²) >= 11 is 0. The van der Waals surface area contributed by atoms with Gasteiger partial charge in [-0.25, -0.2) is 4.79 Å². The van der Waals surface area contributed by atoms with Gasteiger partial charge < -0.3 is 20.1 Å². The van der Waals surface area contributed by atoms with Gasteiger partial charge in [0, 0.05) is 0 Å². The van der Waals surface area contributed by atoms with Crippen LogP contribution in [0.25, 0.3) is 0 Å². The highest BCUT2D eigenvalue weighted by Gasteiger charge is 2.46. The zero-order valence-corrected chi connectivity index (χ0v) is 10.5. The zero-order chi connectivity index (χ0) is 14.5. The van der Waals surface area contributed by atoms with E-state index in [9.17, 15) is 19.5 Å². The molecule has 0 atom stereocenters. The molecule has 3 N–H and O–H groups in total. The molecule has 1 saturated carbocycles. The Balaban J connectivity index is 2.89. The molecule has 1 rings (SSSR count). The van der Waals surface area contributed by atoms with Crippen molar-refractivity contribution < 1.29 is 34.4 Å². The van der Waals surface area contributed by atoms with Crippen LogP contribution in [0.4, 0.5) is 0 Å². The van der Waals surface area contributed by atoms with Gasteiger partial charge in [0.2, 0.25) is 0 Å². The van der Waals surface area contributed by atoms with Gasteiger partial charge in [-0.3, -0.25) is 9.59 Å². The molecular weight excluding hydrogens is 256 g/mol. The molecular formula is C12H18O7. The third kappa shape index (κ3) is 4.51. The molecule has 0 bridgehead atoms. The SMILES string of the molecule is O=C(O)CC(CC(=O)O)(OC1CCCCC1)C(=O)O. The van der Waals surface area contributed by atoms with Crippen molar-refractivity contribution in [1.29, 1.82) is 0 Å². The maximum atomic E-state index is 11.3.